The maximum atomic E-state index is 13.2. The molecular weight excluding hydrogens is 448 g/mol. The zero-order valence-electron chi connectivity index (χ0n) is 16.5. The molecule has 32 heavy (non-hydrogen) atoms. The van der Waals surface area contributed by atoms with Crippen LogP contribution in [-0.4, -0.2) is 21.0 Å². The fraction of sp³-hybridized carbons (Fsp3) is 0. The fourth-order valence-corrected chi connectivity index (χ4v) is 4.07. The number of halogens is 1. The van der Waals surface area contributed by atoms with Crippen molar-refractivity contribution in [1.82, 2.24) is 4.98 Å². The maximum Gasteiger partial charge on any atom is 0.276 e. The maximum absolute atomic E-state index is 13.2. The van der Waals surface area contributed by atoms with E-state index in [9.17, 15) is 14.9 Å². The molecule has 0 aliphatic carbocycles. The third-order valence-electron chi connectivity index (χ3n) is 4.43. The molecular formula is C23H15ClN4O3S. The average Bonchev–Trinajstić information content (AvgIpc) is 3.11. The topological polar surface area (TPSA) is 88.7 Å². The van der Waals surface area contributed by atoms with Gasteiger partial charge in [-0.15, -0.1) is 0 Å². The highest BCUT2D eigenvalue weighted by atomic mass is 35.5. The lowest BCUT2D eigenvalue weighted by Gasteiger charge is -2.15. The minimum Gasteiger partial charge on any atom is -0.268 e. The number of amides is 1. The van der Waals surface area contributed by atoms with Gasteiger partial charge in [-0.1, -0.05) is 48.0 Å². The van der Waals surface area contributed by atoms with E-state index < -0.39 is 4.92 Å². The lowest BCUT2D eigenvalue weighted by molar-refractivity contribution is -0.385. The van der Waals surface area contributed by atoms with Gasteiger partial charge in [0.2, 0.25) is 0 Å². The van der Waals surface area contributed by atoms with Gasteiger partial charge in [0.15, 0.2) is 10.3 Å². The summed E-state index contributed by atoms with van der Waals surface area (Å²) in [4.78, 5) is 34.4. The Morgan fingerprint density at radius 2 is 1.81 bits per heavy atom. The summed E-state index contributed by atoms with van der Waals surface area (Å²) >= 11 is 7.34. The fourth-order valence-electron chi connectivity index (χ4n) is 2.97. The van der Waals surface area contributed by atoms with E-state index in [4.69, 9.17) is 11.6 Å². The number of amidine groups is 1. The summed E-state index contributed by atoms with van der Waals surface area (Å²) in [7, 11) is 0. The van der Waals surface area contributed by atoms with Crippen LogP contribution in [0, 0.1) is 10.1 Å². The lowest BCUT2D eigenvalue weighted by Crippen LogP contribution is -2.28. The van der Waals surface area contributed by atoms with Crippen molar-refractivity contribution in [1.29, 1.82) is 0 Å². The van der Waals surface area contributed by atoms with E-state index in [1.807, 2.05) is 30.3 Å². The van der Waals surface area contributed by atoms with Gasteiger partial charge in [-0.2, -0.15) is 0 Å². The van der Waals surface area contributed by atoms with E-state index in [-0.39, 0.29) is 16.7 Å². The number of aromatic nitrogens is 1. The number of hydrogen-bond donors (Lipinski definition) is 0. The molecule has 0 bridgehead atoms. The Morgan fingerprint density at radius 3 is 2.56 bits per heavy atom. The van der Waals surface area contributed by atoms with E-state index in [1.165, 1.54) is 22.7 Å². The number of allylic oxidation sites excluding steroid dienone is 2. The molecule has 1 aliphatic rings. The molecule has 0 saturated carbocycles. The Bertz CT molecular complexity index is 1270. The van der Waals surface area contributed by atoms with Crippen LogP contribution in [0.25, 0.3) is 6.08 Å². The SMILES string of the molecule is O=C1/C(=C/C=C/c2ccccc2[N+](=O)[O-])SC(=Nc2cccnc2Cl)N1c1ccccc1. The molecule has 2 aromatic carbocycles. The van der Waals surface area contributed by atoms with E-state index in [0.29, 0.717) is 27.0 Å². The first-order valence-electron chi connectivity index (χ1n) is 9.43. The summed E-state index contributed by atoms with van der Waals surface area (Å²) in [6.45, 7) is 0. The standard InChI is InChI=1S/C23H15ClN4O3S/c24-21-18(12-7-15-25-21)26-23-27(17-10-2-1-3-11-17)22(29)20(32-23)14-6-9-16-8-4-5-13-19(16)28(30)31/h1-15H/b9-6+,20-14-,26-23?. The van der Waals surface area contributed by atoms with E-state index in [0.717, 1.165) is 0 Å². The van der Waals surface area contributed by atoms with Crippen molar-refractivity contribution in [2.75, 3.05) is 4.90 Å². The molecule has 3 aromatic rings. The zero-order valence-corrected chi connectivity index (χ0v) is 18.0. The lowest BCUT2D eigenvalue weighted by atomic mass is 10.1. The van der Waals surface area contributed by atoms with Crippen LogP contribution in [0.2, 0.25) is 5.15 Å². The predicted molar refractivity (Wildman–Crippen MR) is 128 cm³/mol. The molecule has 1 aliphatic heterocycles. The van der Waals surface area contributed by atoms with Gasteiger partial charge in [-0.3, -0.25) is 19.8 Å². The number of hydrogen-bond acceptors (Lipinski definition) is 6. The third kappa shape index (κ3) is 4.61. The van der Waals surface area contributed by atoms with Crippen LogP contribution in [0.1, 0.15) is 5.56 Å². The largest absolute Gasteiger partial charge is 0.276 e. The van der Waals surface area contributed by atoms with Gasteiger partial charge in [0.25, 0.3) is 11.6 Å². The molecule has 0 atom stereocenters. The van der Waals surface area contributed by atoms with Crippen LogP contribution in [-0.2, 0) is 4.79 Å². The molecule has 7 nitrogen and oxygen atoms in total. The Balaban J connectivity index is 1.70. The highest BCUT2D eigenvalue weighted by Crippen LogP contribution is 2.37. The van der Waals surface area contributed by atoms with Crippen molar-refractivity contribution < 1.29 is 9.72 Å². The summed E-state index contributed by atoms with van der Waals surface area (Å²) in [5.41, 5.74) is 1.55. The van der Waals surface area contributed by atoms with Gasteiger partial charge >= 0.3 is 0 Å². The van der Waals surface area contributed by atoms with Crippen molar-refractivity contribution in [3.8, 4) is 0 Å². The number of pyridine rings is 1. The number of thioether (sulfide) groups is 1. The smallest absolute Gasteiger partial charge is 0.268 e. The first-order chi connectivity index (χ1) is 15.5. The van der Waals surface area contributed by atoms with Crippen LogP contribution in [0.5, 0.6) is 0 Å². The number of nitro benzene ring substituents is 1. The molecule has 0 N–H and O–H groups in total. The highest BCUT2D eigenvalue weighted by molar-refractivity contribution is 8.19. The van der Waals surface area contributed by atoms with Crippen molar-refractivity contribution in [2.45, 2.75) is 0 Å². The number of nitro groups is 1. The molecule has 1 saturated heterocycles. The number of aliphatic imine (C=N–C) groups is 1. The van der Waals surface area contributed by atoms with Gasteiger partial charge in [-0.25, -0.2) is 9.98 Å². The summed E-state index contributed by atoms with van der Waals surface area (Å²) < 4.78 is 0. The second kappa shape index (κ2) is 9.59. The Labute approximate surface area is 192 Å². The predicted octanol–water partition coefficient (Wildman–Crippen LogP) is 6.01. The Kier molecular flexibility index (Phi) is 6.44. The molecule has 1 aromatic heterocycles. The van der Waals surface area contributed by atoms with Crippen LogP contribution in [0.3, 0.4) is 0 Å². The molecule has 0 radical (unpaired) electrons. The first-order valence-corrected chi connectivity index (χ1v) is 10.6. The molecule has 4 rings (SSSR count). The number of rotatable bonds is 5. The van der Waals surface area contributed by atoms with Gasteiger partial charge in [0.1, 0.15) is 5.69 Å². The van der Waals surface area contributed by atoms with Gasteiger partial charge < -0.3 is 0 Å². The summed E-state index contributed by atoms with van der Waals surface area (Å²) in [5, 5.41) is 11.9. The van der Waals surface area contributed by atoms with Crippen molar-refractivity contribution >= 4 is 57.6 Å². The van der Waals surface area contributed by atoms with Crippen LogP contribution in [0.15, 0.2) is 95.0 Å². The first kappa shape index (κ1) is 21.5. The zero-order chi connectivity index (χ0) is 22.5. The average molecular weight is 463 g/mol. The Morgan fingerprint density at radius 1 is 1.06 bits per heavy atom. The minimum atomic E-state index is -0.443. The summed E-state index contributed by atoms with van der Waals surface area (Å²) in [6, 6.07) is 19.0. The second-order valence-electron chi connectivity index (χ2n) is 6.49. The van der Waals surface area contributed by atoms with Gasteiger partial charge in [-0.05, 0) is 54.2 Å². The van der Waals surface area contributed by atoms with Crippen LogP contribution in [0.4, 0.5) is 17.1 Å². The van der Waals surface area contributed by atoms with E-state index in [1.54, 1.807) is 54.8 Å². The third-order valence-corrected chi connectivity index (χ3v) is 5.71. The Hall–Kier alpha value is -3.75. The van der Waals surface area contributed by atoms with Gasteiger partial charge in [0.05, 0.1) is 21.1 Å². The number of benzene rings is 2. The normalized spacial score (nSPS) is 16.4. The highest BCUT2D eigenvalue weighted by Gasteiger charge is 2.34. The number of para-hydroxylation sites is 2. The number of carbonyl (C=O) groups excluding carboxylic acids is 1. The van der Waals surface area contributed by atoms with E-state index in [2.05, 4.69) is 9.98 Å². The van der Waals surface area contributed by atoms with Crippen molar-refractivity contribution in [2.24, 2.45) is 4.99 Å². The molecule has 0 unspecified atom stereocenters. The number of nitrogens with zero attached hydrogens (tertiary/aromatic N) is 4. The number of anilines is 1. The molecule has 158 valence electrons. The van der Waals surface area contributed by atoms with Crippen LogP contribution >= 0.6 is 23.4 Å². The number of carbonyl (C=O) groups is 1. The molecule has 1 amide bonds. The minimum absolute atomic E-state index is 0.00747. The summed E-state index contributed by atoms with van der Waals surface area (Å²) in [6.07, 6.45) is 6.39. The van der Waals surface area contributed by atoms with Crippen molar-refractivity contribution in [3.05, 3.63) is 111 Å². The van der Waals surface area contributed by atoms with E-state index >= 15 is 0 Å². The second-order valence-corrected chi connectivity index (χ2v) is 7.86. The van der Waals surface area contributed by atoms with Crippen molar-refractivity contribution in [3.63, 3.8) is 0 Å². The molecule has 9 heteroatoms. The van der Waals surface area contributed by atoms with Crippen LogP contribution < -0.4 is 4.90 Å². The molecule has 1 fully saturated rings. The quantitative estimate of drug-likeness (QED) is 0.200. The molecule has 2 heterocycles. The summed E-state index contributed by atoms with van der Waals surface area (Å²) in [5.74, 6) is -0.257. The monoisotopic (exact) mass is 462 g/mol. The molecule has 0 spiro atoms. The van der Waals surface area contributed by atoms with Gasteiger partial charge in [0, 0.05) is 12.3 Å².